The zero-order valence-corrected chi connectivity index (χ0v) is 11.7. The third kappa shape index (κ3) is 4.27. The van der Waals surface area contributed by atoms with Crippen molar-refractivity contribution in [3.8, 4) is 0 Å². The first kappa shape index (κ1) is 14.9. The number of aliphatic hydroxyl groups is 1. The minimum Gasteiger partial charge on any atom is -0.396 e. The Morgan fingerprint density at radius 1 is 1.50 bits per heavy atom. The maximum absolute atomic E-state index is 12.1. The van der Waals surface area contributed by atoms with Crippen LogP contribution >= 0.6 is 11.6 Å². The molecule has 1 aromatic rings. The van der Waals surface area contributed by atoms with Crippen LogP contribution in [0, 0.1) is 12.8 Å². The van der Waals surface area contributed by atoms with Crippen LogP contribution in [0.1, 0.15) is 36.3 Å². The zero-order valence-electron chi connectivity index (χ0n) is 10.9. The van der Waals surface area contributed by atoms with E-state index >= 15 is 0 Å². The van der Waals surface area contributed by atoms with Gasteiger partial charge in [0.15, 0.2) is 0 Å². The van der Waals surface area contributed by atoms with E-state index in [0.717, 1.165) is 0 Å². The molecule has 0 saturated heterocycles. The average Bonchev–Trinajstić information content (AvgIpc) is 2.26. The summed E-state index contributed by atoms with van der Waals surface area (Å²) in [7, 11) is 0. The molecule has 0 aliphatic carbocycles. The Labute approximate surface area is 112 Å². The van der Waals surface area contributed by atoms with Crippen molar-refractivity contribution in [1.29, 1.82) is 0 Å². The van der Waals surface area contributed by atoms with Gasteiger partial charge in [0.2, 0.25) is 0 Å². The number of hydrogen-bond donors (Lipinski definition) is 2. The number of hydrogen-bond acceptors (Lipinski definition) is 3. The quantitative estimate of drug-likeness (QED) is 0.806. The molecule has 1 unspecified atom stereocenters. The molecule has 0 aliphatic heterocycles. The number of pyridine rings is 1. The average molecular weight is 271 g/mol. The predicted octanol–water partition coefficient (Wildman–Crippen LogP) is 2.18. The van der Waals surface area contributed by atoms with Crippen molar-refractivity contribution in [2.24, 2.45) is 5.92 Å². The van der Waals surface area contributed by atoms with Gasteiger partial charge in [-0.1, -0.05) is 25.4 Å². The van der Waals surface area contributed by atoms with Crippen LogP contribution in [0.3, 0.4) is 0 Å². The molecule has 0 aliphatic rings. The number of halogens is 1. The van der Waals surface area contributed by atoms with Gasteiger partial charge in [0.1, 0.15) is 5.15 Å². The summed E-state index contributed by atoms with van der Waals surface area (Å²) in [4.78, 5) is 16.1. The Hall–Kier alpha value is -1.13. The van der Waals surface area contributed by atoms with E-state index < -0.39 is 0 Å². The van der Waals surface area contributed by atoms with Gasteiger partial charge in [0, 0.05) is 23.9 Å². The van der Waals surface area contributed by atoms with Gasteiger partial charge in [-0.15, -0.1) is 0 Å². The van der Waals surface area contributed by atoms with Gasteiger partial charge < -0.3 is 10.4 Å². The Morgan fingerprint density at radius 3 is 2.67 bits per heavy atom. The highest BCUT2D eigenvalue weighted by Crippen LogP contribution is 2.12. The van der Waals surface area contributed by atoms with Crippen molar-refractivity contribution in [3.63, 3.8) is 0 Å². The highest BCUT2D eigenvalue weighted by atomic mass is 35.5. The van der Waals surface area contributed by atoms with E-state index in [4.69, 9.17) is 16.7 Å². The lowest BCUT2D eigenvalue weighted by Crippen LogP contribution is -2.39. The lowest BCUT2D eigenvalue weighted by atomic mass is 10.0. The molecule has 0 bridgehead atoms. The monoisotopic (exact) mass is 270 g/mol. The third-order valence-corrected chi connectivity index (χ3v) is 2.94. The molecule has 1 atom stereocenters. The Balaban J connectivity index is 2.80. The fraction of sp³-hybridized carbons (Fsp3) is 0.538. The van der Waals surface area contributed by atoms with Crippen LogP contribution in [-0.4, -0.2) is 28.6 Å². The van der Waals surface area contributed by atoms with Gasteiger partial charge in [-0.05, 0) is 31.4 Å². The van der Waals surface area contributed by atoms with Crippen molar-refractivity contribution < 1.29 is 9.90 Å². The van der Waals surface area contributed by atoms with Crippen molar-refractivity contribution in [2.45, 2.75) is 33.2 Å². The molecule has 0 saturated carbocycles. The second-order valence-corrected chi connectivity index (χ2v) is 5.04. The number of aromatic nitrogens is 1. The van der Waals surface area contributed by atoms with Gasteiger partial charge in [-0.3, -0.25) is 4.79 Å². The molecular formula is C13H19ClN2O2. The van der Waals surface area contributed by atoms with E-state index in [9.17, 15) is 4.79 Å². The molecule has 4 nitrogen and oxygen atoms in total. The van der Waals surface area contributed by atoms with Gasteiger partial charge in [-0.2, -0.15) is 0 Å². The van der Waals surface area contributed by atoms with E-state index in [1.54, 1.807) is 19.1 Å². The first-order chi connectivity index (χ1) is 8.43. The highest BCUT2D eigenvalue weighted by Gasteiger charge is 2.17. The topological polar surface area (TPSA) is 62.2 Å². The Kier molecular flexibility index (Phi) is 5.56. The van der Waals surface area contributed by atoms with Gasteiger partial charge >= 0.3 is 0 Å². The number of rotatable bonds is 5. The van der Waals surface area contributed by atoms with Crippen LogP contribution < -0.4 is 5.32 Å². The number of aryl methyl sites for hydroxylation is 1. The smallest absolute Gasteiger partial charge is 0.251 e. The van der Waals surface area contributed by atoms with Crippen LogP contribution in [0.5, 0.6) is 0 Å². The fourth-order valence-corrected chi connectivity index (χ4v) is 1.97. The molecule has 5 heteroatoms. The summed E-state index contributed by atoms with van der Waals surface area (Å²) in [6, 6.07) is 3.19. The lowest BCUT2D eigenvalue weighted by molar-refractivity contribution is 0.0916. The van der Waals surface area contributed by atoms with E-state index in [2.05, 4.69) is 10.3 Å². The summed E-state index contributed by atoms with van der Waals surface area (Å²) in [6.07, 6.45) is 0.543. The number of nitrogens with one attached hydrogen (secondary N) is 1. The molecule has 100 valence electrons. The lowest BCUT2D eigenvalue weighted by Gasteiger charge is -2.21. The molecular weight excluding hydrogens is 252 g/mol. The van der Waals surface area contributed by atoms with E-state index in [0.29, 0.717) is 22.8 Å². The Morgan fingerprint density at radius 2 is 2.17 bits per heavy atom. The maximum Gasteiger partial charge on any atom is 0.251 e. The summed E-state index contributed by atoms with van der Waals surface area (Å²) in [5.41, 5.74) is 1.20. The highest BCUT2D eigenvalue weighted by molar-refractivity contribution is 6.29. The second kappa shape index (κ2) is 6.71. The summed E-state index contributed by atoms with van der Waals surface area (Å²) in [5, 5.41) is 12.2. The van der Waals surface area contributed by atoms with Crippen molar-refractivity contribution in [2.75, 3.05) is 6.61 Å². The fourth-order valence-electron chi connectivity index (χ4n) is 1.72. The normalized spacial score (nSPS) is 12.6. The number of carbonyl (C=O) groups is 1. The molecule has 0 fully saturated rings. The maximum atomic E-state index is 12.1. The van der Waals surface area contributed by atoms with Gasteiger partial charge in [-0.25, -0.2) is 4.98 Å². The summed E-state index contributed by atoms with van der Waals surface area (Å²) in [6.45, 7) is 5.85. The number of amides is 1. The number of aliphatic hydroxyl groups excluding tert-OH is 1. The zero-order chi connectivity index (χ0) is 13.7. The van der Waals surface area contributed by atoms with Crippen LogP contribution in [0.4, 0.5) is 0 Å². The number of carbonyl (C=O) groups excluding carboxylic acids is 1. The Bertz CT molecular complexity index is 401. The molecule has 0 radical (unpaired) electrons. The van der Waals surface area contributed by atoms with Crippen LogP contribution in [0.15, 0.2) is 12.1 Å². The molecule has 2 N–H and O–H groups in total. The summed E-state index contributed by atoms with van der Waals surface area (Å²) in [5.74, 6) is 0.0778. The molecule has 1 rings (SSSR count). The van der Waals surface area contributed by atoms with Crippen LogP contribution in [0.25, 0.3) is 0 Å². The predicted molar refractivity (Wildman–Crippen MR) is 71.8 cm³/mol. The third-order valence-electron chi connectivity index (χ3n) is 2.75. The minimum absolute atomic E-state index is 0.0465. The minimum atomic E-state index is -0.186. The van der Waals surface area contributed by atoms with Gasteiger partial charge in [0.05, 0.1) is 0 Å². The van der Waals surface area contributed by atoms with Crippen molar-refractivity contribution in [1.82, 2.24) is 10.3 Å². The van der Waals surface area contributed by atoms with E-state index in [1.807, 2.05) is 13.8 Å². The SMILES string of the molecule is Cc1cc(C(=O)NC(CCO)C(C)C)cc(Cl)n1. The molecule has 1 amide bonds. The van der Waals surface area contributed by atoms with Crippen molar-refractivity contribution in [3.05, 3.63) is 28.5 Å². The van der Waals surface area contributed by atoms with Crippen LogP contribution in [-0.2, 0) is 0 Å². The van der Waals surface area contributed by atoms with Crippen molar-refractivity contribution >= 4 is 17.5 Å². The van der Waals surface area contributed by atoms with Gasteiger partial charge in [0.25, 0.3) is 5.91 Å². The molecule has 1 heterocycles. The van der Waals surface area contributed by atoms with E-state index in [-0.39, 0.29) is 24.5 Å². The molecule has 0 spiro atoms. The first-order valence-corrected chi connectivity index (χ1v) is 6.37. The largest absolute Gasteiger partial charge is 0.396 e. The summed E-state index contributed by atoms with van der Waals surface area (Å²) < 4.78 is 0. The molecule has 1 aromatic heterocycles. The standard InChI is InChI=1S/C13H19ClN2O2/c1-8(2)11(4-5-17)16-13(18)10-6-9(3)15-12(14)7-10/h6-8,11,17H,4-5H2,1-3H3,(H,16,18). The van der Waals surface area contributed by atoms with Crippen LogP contribution in [0.2, 0.25) is 5.15 Å². The first-order valence-electron chi connectivity index (χ1n) is 6.00. The molecule has 0 aromatic carbocycles. The van der Waals surface area contributed by atoms with E-state index in [1.165, 1.54) is 0 Å². The second-order valence-electron chi connectivity index (χ2n) is 4.66. The summed E-state index contributed by atoms with van der Waals surface area (Å²) >= 11 is 5.82. The number of nitrogens with zero attached hydrogens (tertiary/aromatic N) is 1. The molecule has 18 heavy (non-hydrogen) atoms.